The number of furan rings is 1. The highest BCUT2D eigenvalue weighted by molar-refractivity contribution is 7.99. The van der Waals surface area contributed by atoms with Gasteiger partial charge in [-0.15, -0.1) is 21.5 Å². The molecule has 0 unspecified atom stereocenters. The lowest BCUT2D eigenvalue weighted by Crippen LogP contribution is -2.18. The first-order valence-electron chi connectivity index (χ1n) is 10.9. The van der Waals surface area contributed by atoms with Crippen molar-refractivity contribution in [3.8, 4) is 11.4 Å². The first-order chi connectivity index (χ1) is 16.5. The van der Waals surface area contributed by atoms with E-state index in [9.17, 15) is 9.59 Å². The zero-order valence-corrected chi connectivity index (χ0v) is 20.2. The Morgan fingerprint density at radius 3 is 2.74 bits per heavy atom. The molecule has 1 amide bonds. The predicted molar refractivity (Wildman–Crippen MR) is 133 cm³/mol. The number of thiophene rings is 1. The number of nitrogens with zero attached hydrogens (tertiary/aromatic N) is 3. The lowest BCUT2D eigenvalue weighted by molar-refractivity contribution is -0.113. The number of amides is 1. The maximum absolute atomic E-state index is 13.4. The van der Waals surface area contributed by atoms with Crippen molar-refractivity contribution in [2.24, 2.45) is 0 Å². The number of aromatic nitrogens is 3. The first kappa shape index (κ1) is 22.4. The maximum Gasteiger partial charge on any atom is 0.235 e. The number of rotatable bonds is 7. The van der Waals surface area contributed by atoms with E-state index in [0.717, 1.165) is 36.8 Å². The van der Waals surface area contributed by atoms with E-state index in [2.05, 4.69) is 15.5 Å². The highest BCUT2D eigenvalue weighted by Crippen LogP contribution is 2.39. The van der Waals surface area contributed by atoms with Crippen LogP contribution in [0, 0.1) is 6.92 Å². The Hall–Kier alpha value is -3.37. The van der Waals surface area contributed by atoms with Gasteiger partial charge in [0, 0.05) is 10.4 Å². The van der Waals surface area contributed by atoms with Crippen LogP contribution in [-0.2, 0) is 17.6 Å². The molecule has 3 heterocycles. The first-order valence-corrected chi connectivity index (χ1v) is 12.7. The number of ketones is 1. The summed E-state index contributed by atoms with van der Waals surface area (Å²) in [7, 11) is 0. The summed E-state index contributed by atoms with van der Waals surface area (Å²) < 4.78 is 6.66. The number of nitrogens with two attached hydrogens (primary N) is 1. The van der Waals surface area contributed by atoms with Crippen molar-refractivity contribution < 1.29 is 14.0 Å². The molecule has 0 aliphatic heterocycles. The summed E-state index contributed by atoms with van der Waals surface area (Å²) in [5.41, 5.74) is 3.08. The van der Waals surface area contributed by atoms with E-state index in [1.807, 2.05) is 37.3 Å². The number of nitrogens with one attached hydrogen (secondary N) is 1. The van der Waals surface area contributed by atoms with Crippen molar-refractivity contribution >= 4 is 39.8 Å². The van der Waals surface area contributed by atoms with E-state index >= 15 is 0 Å². The van der Waals surface area contributed by atoms with Crippen molar-refractivity contribution in [1.29, 1.82) is 0 Å². The molecule has 0 spiro atoms. The third-order valence-corrected chi connectivity index (χ3v) is 7.93. The Balaban J connectivity index is 1.34. The van der Waals surface area contributed by atoms with E-state index in [1.54, 1.807) is 12.3 Å². The fourth-order valence-electron chi connectivity index (χ4n) is 4.10. The molecule has 0 atom stereocenters. The summed E-state index contributed by atoms with van der Waals surface area (Å²) in [5, 5.41) is 12.2. The Morgan fingerprint density at radius 1 is 1.18 bits per heavy atom. The molecule has 3 aromatic heterocycles. The van der Waals surface area contributed by atoms with Crippen molar-refractivity contribution in [3.63, 3.8) is 0 Å². The van der Waals surface area contributed by atoms with Gasteiger partial charge in [0.2, 0.25) is 11.1 Å². The normalized spacial score (nSPS) is 13.0. The molecule has 8 nitrogen and oxygen atoms in total. The van der Waals surface area contributed by atoms with Gasteiger partial charge in [-0.05, 0) is 44.2 Å². The van der Waals surface area contributed by atoms with Crippen LogP contribution in [0.25, 0.3) is 11.4 Å². The Morgan fingerprint density at radius 2 is 1.97 bits per heavy atom. The van der Waals surface area contributed by atoms with Gasteiger partial charge in [-0.1, -0.05) is 42.1 Å². The summed E-state index contributed by atoms with van der Waals surface area (Å²) in [6.45, 7) is 1.82. The van der Waals surface area contributed by atoms with E-state index in [1.165, 1.54) is 32.7 Å². The van der Waals surface area contributed by atoms with Crippen LogP contribution in [0.2, 0.25) is 0 Å². The van der Waals surface area contributed by atoms with Gasteiger partial charge in [-0.25, -0.2) is 4.68 Å². The average molecular weight is 494 g/mol. The largest absolute Gasteiger partial charge is 0.469 e. The molecule has 3 N–H and O–H groups in total. The minimum absolute atomic E-state index is 0.0511. The van der Waals surface area contributed by atoms with Gasteiger partial charge in [-0.3, -0.25) is 9.59 Å². The maximum atomic E-state index is 13.4. The molecular weight excluding hydrogens is 470 g/mol. The number of carbonyl (C=O) groups excluding carboxylic acids is 2. The quantitative estimate of drug-likeness (QED) is 0.222. The molecule has 1 aliphatic carbocycles. The second kappa shape index (κ2) is 9.47. The van der Waals surface area contributed by atoms with E-state index < -0.39 is 0 Å². The Kier molecular flexibility index (Phi) is 6.25. The van der Waals surface area contributed by atoms with E-state index in [4.69, 9.17) is 10.3 Å². The van der Waals surface area contributed by atoms with Gasteiger partial charge in [0.1, 0.15) is 10.8 Å². The van der Waals surface area contributed by atoms with Gasteiger partial charge in [0.25, 0.3) is 0 Å². The molecule has 4 aromatic rings. The number of nitrogen functional groups attached to an aromatic ring is 1. The van der Waals surface area contributed by atoms with Gasteiger partial charge in [0.05, 0.1) is 23.1 Å². The van der Waals surface area contributed by atoms with E-state index in [0.29, 0.717) is 32.9 Å². The fourth-order valence-corrected chi connectivity index (χ4v) is 6.06. The molecule has 0 saturated carbocycles. The number of anilines is 1. The van der Waals surface area contributed by atoms with Crippen LogP contribution < -0.4 is 11.2 Å². The second-order valence-corrected chi connectivity index (χ2v) is 10.1. The summed E-state index contributed by atoms with van der Waals surface area (Å²) in [4.78, 5) is 27.4. The van der Waals surface area contributed by atoms with Crippen LogP contribution in [-0.4, -0.2) is 32.3 Å². The van der Waals surface area contributed by atoms with Crippen molar-refractivity contribution in [1.82, 2.24) is 14.9 Å². The molecule has 1 aliphatic rings. The summed E-state index contributed by atoms with van der Waals surface area (Å²) in [5.74, 6) is 7.11. The van der Waals surface area contributed by atoms with E-state index in [-0.39, 0.29) is 17.4 Å². The zero-order valence-electron chi connectivity index (χ0n) is 18.5. The molecule has 5 rings (SSSR count). The van der Waals surface area contributed by atoms with Crippen LogP contribution in [0.5, 0.6) is 0 Å². The molecule has 1 aromatic carbocycles. The van der Waals surface area contributed by atoms with Crippen LogP contribution in [0.1, 0.15) is 45.0 Å². The number of benzene rings is 1. The van der Waals surface area contributed by atoms with Crippen molar-refractivity contribution in [2.45, 2.75) is 37.8 Å². The monoisotopic (exact) mass is 493 g/mol. The molecular formula is C24H23N5O3S2. The molecule has 0 fully saturated rings. The fraction of sp³-hybridized carbons (Fsp3) is 0.250. The van der Waals surface area contributed by atoms with Gasteiger partial charge in [0.15, 0.2) is 11.6 Å². The molecule has 0 saturated heterocycles. The molecule has 0 bridgehead atoms. The minimum Gasteiger partial charge on any atom is -0.469 e. The second-order valence-electron chi connectivity index (χ2n) is 8.01. The third kappa shape index (κ3) is 4.26. The molecule has 34 heavy (non-hydrogen) atoms. The van der Waals surface area contributed by atoms with Gasteiger partial charge in [-0.2, -0.15) is 0 Å². The topological polar surface area (TPSA) is 116 Å². The molecule has 174 valence electrons. The standard InChI is InChI=1S/C24H23N5O3S2/c1-14-16(11-12-32-14)22-27-28-24(29(22)25)33-13-19(30)26-23-20(17-9-5-6-10-18(17)34-23)21(31)15-7-3-2-4-8-15/h2-4,7-8,11-12H,5-6,9-10,13,25H2,1H3,(H,26,30). The SMILES string of the molecule is Cc1occc1-c1nnc(SCC(=O)Nc2sc3c(c2C(=O)c2ccccc2)CCCC3)n1N. The summed E-state index contributed by atoms with van der Waals surface area (Å²) in [6, 6.07) is 11.0. The average Bonchev–Trinajstić information content (AvgIpc) is 3.54. The molecule has 10 heteroatoms. The number of fused-ring (bicyclic) bond motifs is 1. The van der Waals surface area contributed by atoms with Crippen molar-refractivity contribution in [3.05, 3.63) is 70.0 Å². The highest BCUT2D eigenvalue weighted by atomic mass is 32.2. The smallest absolute Gasteiger partial charge is 0.235 e. The van der Waals surface area contributed by atoms with Crippen LogP contribution >= 0.6 is 23.1 Å². The summed E-state index contributed by atoms with van der Waals surface area (Å²) >= 11 is 2.70. The van der Waals surface area contributed by atoms with Gasteiger partial charge >= 0.3 is 0 Å². The van der Waals surface area contributed by atoms with Crippen LogP contribution in [0.15, 0.2) is 52.2 Å². The van der Waals surface area contributed by atoms with Crippen molar-refractivity contribution in [2.75, 3.05) is 16.9 Å². The Labute approximate surface area is 204 Å². The number of carbonyl (C=O) groups is 2. The van der Waals surface area contributed by atoms with Crippen LogP contribution in [0.4, 0.5) is 5.00 Å². The number of aryl methyl sites for hydroxylation is 2. The third-order valence-electron chi connectivity index (χ3n) is 5.78. The highest BCUT2D eigenvalue weighted by Gasteiger charge is 2.27. The van der Waals surface area contributed by atoms with Crippen LogP contribution in [0.3, 0.4) is 0 Å². The number of hydrogen-bond acceptors (Lipinski definition) is 8. The lowest BCUT2D eigenvalue weighted by Gasteiger charge is -2.12. The number of hydrogen-bond donors (Lipinski definition) is 2. The summed E-state index contributed by atoms with van der Waals surface area (Å²) in [6.07, 6.45) is 5.50. The Bertz CT molecular complexity index is 1360. The lowest BCUT2D eigenvalue weighted by atomic mass is 9.92. The van der Waals surface area contributed by atoms with Gasteiger partial charge < -0.3 is 15.6 Å². The minimum atomic E-state index is -0.227. The predicted octanol–water partition coefficient (Wildman–Crippen LogP) is 4.46. The zero-order chi connectivity index (χ0) is 23.7. The molecule has 0 radical (unpaired) electrons. The number of thioether (sulfide) groups is 1.